The van der Waals surface area contributed by atoms with E-state index in [1.807, 2.05) is 12.1 Å². The molecule has 150 valence electrons. The van der Waals surface area contributed by atoms with E-state index in [0.717, 1.165) is 5.92 Å². The highest BCUT2D eigenvalue weighted by molar-refractivity contribution is 5.92. The van der Waals surface area contributed by atoms with Crippen molar-refractivity contribution < 1.29 is 13.9 Å². The zero-order valence-corrected chi connectivity index (χ0v) is 16.9. The Labute approximate surface area is 171 Å². The first-order valence-electron chi connectivity index (χ1n) is 10.6. The molecule has 1 aliphatic carbocycles. The van der Waals surface area contributed by atoms with Gasteiger partial charge >= 0.3 is 5.97 Å². The third-order valence-electron chi connectivity index (χ3n) is 6.17. The second-order valence-corrected chi connectivity index (χ2v) is 8.14. The molecule has 2 nitrogen and oxygen atoms in total. The van der Waals surface area contributed by atoms with Gasteiger partial charge in [0, 0.05) is 5.39 Å². The summed E-state index contributed by atoms with van der Waals surface area (Å²) in [4.78, 5) is 12.5. The van der Waals surface area contributed by atoms with E-state index in [2.05, 4.69) is 19.1 Å². The maximum atomic E-state index is 13.8. The molecule has 0 atom stereocenters. The third kappa shape index (κ3) is 4.50. The van der Waals surface area contributed by atoms with E-state index in [-0.39, 0.29) is 11.8 Å². The fourth-order valence-corrected chi connectivity index (χ4v) is 4.54. The molecular formula is C26H27FO2. The van der Waals surface area contributed by atoms with E-state index in [9.17, 15) is 9.18 Å². The first kappa shape index (κ1) is 19.6. The smallest absolute Gasteiger partial charge is 0.343 e. The van der Waals surface area contributed by atoms with E-state index < -0.39 is 0 Å². The van der Waals surface area contributed by atoms with Crippen molar-refractivity contribution in [1.29, 1.82) is 0 Å². The highest BCUT2D eigenvalue weighted by atomic mass is 19.1. The second-order valence-electron chi connectivity index (χ2n) is 8.14. The van der Waals surface area contributed by atoms with Crippen LogP contribution in [0.1, 0.15) is 67.3 Å². The highest BCUT2D eigenvalue weighted by Gasteiger charge is 2.22. The van der Waals surface area contributed by atoms with Crippen LogP contribution >= 0.6 is 0 Å². The first-order valence-corrected chi connectivity index (χ1v) is 10.6. The Kier molecular flexibility index (Phi) is 5.94. The van der Waals surface area contributed by atoms with Crippen molar-refractivity contribution in [2.75, 3.05) is 0 Å². The van der Waals surface area contributed by atoms with Crippen LogP contribution < -0.4 is 4.74 Å². The van der Waals surface area contributed by atoms with Gasteiger partial charge in [0.2, 0.25) is 0 Å². The van der Waals surface area contributed by atoms with Crippen LogP contribution in [-0.2, 0) is 0 Å². The van der Waals surface area contributed by atoms with Gasteiger partial charge in [0.1, 0.15) is 11.6 Å². The van der Waals surface area contributed by atoms with E-state index >= 15 is 0 Å². The Morgan fingerprint density at radius 3 is 2.48 bits per heavy atom. The van der Waals surface area contributed by atoms with Crippen molar-refractivity contribution in [3.05, 3.63) is 77.6 Å². The Morgan fingerprint density at radius 2 is 1.76 bits per heavy atom. The molecule has 3 aromatic carbocycles. The molecule has 0 radical (unpaired) electrons. The number of carbonyl (C=O) groups excluding carboxylic acids is 1. The maximum Gasteiger partial charge on any atom is 0.343 e. The topological polar surface area (TPSA) is 26.3 Å². The largest absolute Gasteiger partial charge is 0.423 e. The Bertz CT molecular complexity index is 985. The number of halogens is 1. The summed E-state index contributed by atoms with van der Waals surface area (Å²) in [6.45, 7) is 2.26. The SMILES string of the molecule is CCCC1CCC(c2ccc(C(=O)Oc3ccc4c(F)cccc4c3)cc2)CC1. The summed E-state index contributed by atoms with van der Waals surface area (Å²) in [5.41, 5.74) is 1.85. The molecule has 0 unspecified atom stereocenters. The molecule has 1 saturated carbocycles. The monoisotopic (exact) mass is 390 g/mol. The molecule has 0 saturated heterocycles. The van der Waals surface area contributed by atoms with Crippen molar-refractivity contribution >= 4 is 16.7 Å². The lowest BCUT2D eigenvalue weighted by Crippen LogP contribution is -2.13. The van der Waals surface area contributed by atoms with Crippen LogP contribution in [0.4, 0.5) is 4.39 Å². The van der Waals surface area contributed by atoms with Gasteiger partial charge in [-0.15, -0.1) is 0 Å². The molecule has 3 aromatic rings. The summed E-state index contributed by atoms with van der Waals surface area (Å²) in [6.07, 6.45) is 7.72. The average molecular weight is 390 g/mol. The van der Waals surface area contributed by atoms with Crippen LogP contribution in [-0.4, -0.2) is 5.97 Å². The van der Waals surface area contributed by atoms with Crippen LogP contribution in [0.2, 0.25) is 0 Å². The molecule has 3 heteroatoms. The van der Waals surface area contributed by atoms with Gasteiger partial charge in [-0.2, -0.15) is 0 Å². The van der Waals surface area contributed by atoms with Crippen molar-refractivity contribution in [2.45, 2.75) is 51.4 Å². The van der Waals surface area contributed by atoms with E-state index in [1.165, 1.54) is 50.2 Å². The minimum atomic E-state index is -0.390. The molecule has 0 amide bonds. The zero-order valence-electron chi connectivity index (χ0n) is 16.9. The minimum Gasteiger partial charge on any atom is -0.423 e. The van der Waals surface area contributed by atoms with Crippen molar-refractivity contribution in [2.24, 2.45) is 5.92 Å². The van der Waals surface area contributed by atoms with Gasteiger partial charge in [-0.3, -0.25) is 0 Å². The predicted octanol–water partition coefficient (Wildman–Crippen LogP) is 7.27. The third-order valence-corrected chi connectivity index (χ3v) is 6.17. The fraction of sp³-hybridized carbons (Fsp3) is 0.346. The Morgan fingerprint density at radius 1 is 1.00 bits per heavy atom. The van der Waals surface area contributed by atoms with Gasteiger partial charge in [-0.25, -0.2) is 9.18 Å². The van der Waals surface area contributed by atoms with E-state index in [0.29, 0.717) is 28.0 Å². The summed E-state index contributed by atoms with van der Waals surface area (Å²) in [5.74, 6) is 1.24. The van der Waals surface area contributed by atoms with Crippen LogP contribution in [0.25, 0.3) is 10.8 Å². The number of fused-ring (bicyclic) bond motifs is 1. The van der Waals surface area contributed by atoms with Gasteiger partial charge in [0.25, 0.3) is 0 Å². The number of hydrogen-bond donors (Lipinski definition) is 0. The Balaban J connectivity index is 1.41. The normalized spacial score (nSPS) is 19.2. The number of benzene rings is 3. The van der Waals surface area contributed by atoms with Crippen LogP contribution in [0, 0.1) is 11.7 Å². The molecule has 0 N–H and O–H groups in total. The number of carbonyl (C=O) groups is 1. The molecule has 0 bridgehead atoms. The summed E-state index contributed by atoms with van der Waals surface area (Å²) >= 11 is 0. The summed E-state index contributed by atoms with van der Waals surface area (Å²) in [7, 11) is 0. The summed E-state index contributed by atoms with van der Waals surface area (Å²) in [6, 6.07) is 17.7. The van der Waals surface area contributed by atoms with E-state index in [4.69, 9.17) is 4.74 Å². The summed E-state index contributed by atoms with van der Waals surface area (Å²) < 4.78 is 19.3. The van der Waals surface area contributed by atoms with Gasteiger partial charge in [0.05, 0.1) is 5.56 Å². The minimum absolute atomic E-state index is 0.278. The first-order chi connectivity index (χ1) is 14.1. The predicted molar refractivity (Wildman–Crippen MR) is 115 cm³/mol. The molecule has 0 aromatic heterocycles. The molecule has 0 heterocycles. The number of rotatable bonds is 5. The number of esters is 1. The van der Waals surface area contributed by atoms with Crippen molar-refractivity contribution in [3.63, 3.8) is 0 Å². The van der Waals surface area contributed by atoms with Crippen LogP contribution in [0.15, 0.2) is 60.7 Å². The average Bonchev–Trinajstić information content (AvgIpc) is 2.75. The fourth-order valence-electron chi connectivity index (χ4n) is 4.54. The molecule has 4 rings (SSSR count). The van der Waals surface area contributed by atoms with Gasteiger partial charge < -0.3 is 4.74 Å². The van der Waals surface area contributed by atoms with Crippen LogP contribution in [0.5, 0.6) is 5.75 Å². The van der Waals surface area contributed by atoms with E-state index in [1.54, 1.807) is 30.3 Å². The lowest BCUT2D eigenvalue weighted by Gasteiger charge is -2.28. The molecular weight excluding hydrogens is 363 g/mol. The van der Waals surface area contributed by atoms with Gasteiger partial charge in [-0.1, -0.05) is 44.0 Å². The van der Waals surface area contributed by atoms with Crippen molar-refractivity contribution in [1.82, 2.24) is 0 Å². The quantitative estimate of drug-likeness (QED) is 0.338. The molecule has 1 fully saturated rings. The number of hydrogen-bond acceptors (Lipinski definition) is 2. The molecule has 0 aliphatic heterocycles. The van der Waals surface area contributed by atoms with Gasteiger partial charge in [-0.05, 0) is 84.9 Å². The molecule has 29 heavy (non-hydrogen) atoms. The van der Waals surface area contributed by atoms with Gasteiger partial charge in [0.15, 0.2) is 0 Å². The molecule has 1 aliphatic rings. The second kappa shape index (κ2) is 8.77. The maximum absolute atomic E-state index is 13.8. The Hall–Kier alpha value is -2.68. The highest BCUT2D eigenvalue weighted by Crippen LogP contribution is 2.37. The zero-order chi connectivity index (χ0) is 20.2. The standard InChI is InChI=1S/C26H27FO2/c1-2-4-18-7-9-19(10-8-18)20-11-13-21(14-12-20)26(28)29-23-15-16-24-22(17-23)5-3-6-25(24)27/h3,5-6,11-19H,2,4,7-10H2,1H3. The number of ether oxygens (including phenoxy) is 1. The lowest BCUT2D eigenvalue weighted by atomic mass is 9.77. The lowest BCUT2D eigenvalue weighted by molar-refractivity contribution is 0.0735. The van der Waals surface area contributed by atoms with Crippen LogP contribution in [0.3, 0.4) is 0 Å². The summed E-state index contributed by atoms with van der Waals surface area (Å²) in [5, 5.41) is 1.23. The molecule has 0 spiro atoms. The van der Waals surface area contributed by atoms with Crippen molar-refractivity contribution in [3.8, 4) is 5.75 Å².